The summed E-state index contributed by atoms with van der Waals surface area (Å²) >= 11 is 5.88. The van der Waals surface area contributed by atoms with Crippen LogP contribution in [-0.2, 0) is 9.53 Å². The maximum atomic E-state index is 12.4. The molecule has 2 atom stereocenters. The topological polar surface area (TPSA) is 81.9 Å². The summed E-state index contributed by atoms with van der Waals surface area (Å²) < 4.78 is 5.32. The second-order valence-corrected chi connectivity index (χ2v) is 6.28. The number of aromatic nitrogens is 4. The monoisotopic (exact) mass is 349 g/mol. The third-order valence-corrected chi connectivity index (χ3v) is 4.34. The van der Waals surface area contributed by atoms with Gasteiger partial charge >= 0.3 is 0 Å². The molecule has 1 aliphatic heterocycles. The number of nitrogens with one attached hydrogen (secondary N) is 1. The van der Waals surface area contributed by atoms with Gasteiger partial charge in [0.05, 0.1) is 6.61 Å². The first kappa shape index (κ1) is 16.9. The van der Waals surface area contributed by atoms with E-state index in [2.05, 4.69) is 20.7 Å². The maximum absolute atomic E-state index is 12.4. The minimum absolute atomic E-state index is 0.0931. The highest BCUT2D eigenvalue weighted by molar-refractivity contribution is 6.30. The van der Waals surface area contributed by atoms with E-state index < -0.39 is 6.04 Å². The van der Waals surface area contributed by atoms with Gasteiger partial charge < -0.3 is 10.1 Å². The van der Waals surface area contributed by atoms with Crippen LogP contribution in [0.5, 0.6) is 0 Å². The van der Waals surface area contributed by atoms with E-state index in [1.54, 1.807) is 12.1 Å². The molecule has 0 saturated carbocycles. The molecule has 1 aliphatic rings. The molecule has 0 aliphatic carbocycles. The Kier molecular flexibility index (Phi) is 5.42. The van der Waals surface area contributed by atoms with Crippen molar-refractivity contribution < 1.29 is 9.53 Å². The van der Waals surface area contributed by atoms with Crippen LogP contribution in [0.4, 0.5) is 0 Å². The van der Waals surface area contributed by atoms with Gasteiger partial charge in [-0.15, -0.1) is 10.2 Å². The van der Waals surface area contributed by atoms with Crippen molar-refractivity contribution in [3.63, 3.8) is 0 Å². The van der Waals surface area contributed by atoms with E-state index >= 15 is 0 Å². The lowest BCUT2D eigenvalue weighted by Gasteiger charge is -2.15. The molecule has 1 amide bonds. The summed E-state index contributed by atoms with van der Waals surface area (Å²) in [6.45, 7) is 4.02. The molecule has 7 nitrogen and oxygen atoms in total. The fraction of sp³-hybridized carbons (Fsp3) is 0.500. The van der Waals surface area contributed by atoms with Crippen molar-refractivity contribution in [2.24, 2.45) is 5.92 Å². The summed E-state index contributed by atoms with van der Waals surface area (Å²) in [7, 11) is 0. The normalized spacial score (nSPS) is 18.5. The zero-order valence-corrected chi connectivity index (χ0v) is 14.2. The van der Waals surface area contributed by atoms with E-state index in [4.69, 9.17) is 16.3 Å². The van der Waals surface area contributed by atoms with Crippen LogP contribution in [0.3, 0.4) is 0 Å². The lowest BCUT2D eigenvalue weighted by Crippen LogP contribution is -2.36. The van der Waals surface area contributed by atoms with Crippen molar-refractivity contribution in [2.45, 2.75) is 25.8 Å². The van der Waals surface area contributed by atoms with Gasteiger partial charge in [0.15, 0.2) is 6.04 Å². The van der Waals surface area contributed by atoms with Crippen molar-refractivity contribution in [1.29, 1.82) is 0 Å². The van der Waals surface area contributed by atoms with E-state index in [0.717, 1.165) is 18.6 Å². The summed E-state index contributed by atoms with van der Waals surface area (Å²) in [5.74, 6) is 0.770. The van der Waals surface area contributed by atoms with Crippen LogP contribution in [0.1, 0.15) is 25.8 Å². The minimum Gasteiger partial charge on any atom is -0.381 e. The van der Waals surface area contributed by atoms with Crippen LogP contribution in [0.25, 0.3) is 11.4 Å². The summed E-state index contributed by atoms with van der Waals surface area (Å²) in [5.41, 5.74) is 0.809. The van der Waals surface area contributed by atoms with Crippen LogP contribution in [0.15, 0.2) is 24.3 Å². The first-order valence-electron chi connectivity index (χ1n) is 8.08. The van der Waals surface area contributed by atoms with Crippen LogP contribution < -0.4 is 5.32 Å². The summed E-state index contributed by atoms with van der Waals surface area (Å²) in [5, 5.41) is 16.0. The minimum atomic E-state index is -0.471. The molecule has 1 aromatic carbocycles. The molecular weight excluding hydrogens is 330 g/mol. The standard InChI is InChI=1S/C16H20ClN5O2/c1-2-14(16(23)18-9-11-7-8-24-10-11)22-20-15(19-21-22)12-3-5-13(17)6-4-12/h3-6,11,14H,2,7-10H2,1H3,(H,18,23)/t11-,14+/m1/s1. The predicted molar refractivity (Wildman–Crippen MR) is 89.5 cm³/mol. The van der Waals surface area contributed by atoms with Crippen LogP contribution in [0.2, 0.25) is 5.02 Å². The van der Waals surface area contributed by atoms with Gasteiger partial charge in [0.2, 0.25) is 11.7 Å². The van der Waals surface area contributed by atoms with Crippen molar-refractivity contribution in [1.82, 2.24) is 25.5 Å². The summed E-state index contributed by atoms with van der Waals surface area (Å²) in [6.07, 6.45) is 1.57. The van der Waals surface area contributed by atoms with Gasteiger partial charge in [-0.25, -0.2) is 0 Å². The maximum Gasteiger partial charge on any atom is 0.246 e. The number of halogens is 1. The Morgan fingerprint density at radius 2 is 2.25 bits per heavy atom. The van der Waals surface area contributed by atoms with Crippen LogP contribution >= 0.6 is 11.6 Å². The number of carbonyl (C=O) groups is 1. The zero-order valence-electron chi connectivity index (χ0n) is 13.5. The van der Waals surface area contributed by atoms with E-state index in [1.165, 1.54) is 4.80 Å². The number of tetrazole rings is 1. The molecule has 0 spiro atoms. The van der Waals surface area contributed by atoms with E-state index in [0.29, 0.717) is 36.3 Å². The van der Waals surface area contributed by atoms with Gasteiger partial charge in [0.1, 0.15) is 0 Å². The number of hydrogen-bond acceptors (Lipinski definition) is 5. The van der Waals surface area contributed by atoms with Gasteiger partial charge in [0.25, 0.3) is 0 Å². The molecule has 1 fully saturated rings. The molecule has 24 heavy (non-hydrogen) atoms. The molecule has 128 valence electrons. The smallest absolute Gasteiger partial charge is 0.246 e. The Morgan fingerprint density at radius 1 is 1.46 bits per heavy atom. The molecule has 3 rings (SSSR count). The Bertz CT molecular complexity index is 682. The molecule has 1 aromatic heterocycles. The van der Waals surface area contributed by atoms with Crippen molar-refractivity contribution in [3.05, 3.63) is 29.3 Å². The SMILES string of the molecule is CC[C@@H](C(=O)NC[C@H]1CCOC1)n1nnc(-c2ccc(Cl)cc2)n1. The van der Waals surface area contributed by atoms with Crippen LogP contribution in [0, 0.1) is 5.92 Å². The van der Waals surface area contributed by atoms with Gasteiger partial charge in [-0.05, 0) is 42.3 Å². The predicted octanol–water partition coefficient (Wildman–Crippen LogP) is 2.10. The molecule has 1 saturated heterocycles. The van der Waals surface area contributed by atoms with Gasteiger partial charge in [-0.2, -0.15) is 4.80 Å². The largest absolute Gasteiger partial charge is 0.381 e. The van der Waals surface area contributed by atoms with Gasteiger partial charge in [-0.3, -0.25) is 4.79 Å². The van der Waals surface area contributed by atoms with E-state index in [1.807, 2.05) is 19.1 Å². The number of ether oxygens (including phenoxy) is 1. The Labute approximate surface area is 145 Å². The summed E-state index contributed by atoms with van der Waals surface area (Å²) in [4.78, 5) is 13.8. The number of amides is 1. The Balaban J connectivity index is 1.66. The van der Waals surface area contributed by atoms with Crippen molar-refractivity contribution in [2.75, 3.05) is 19.8 Å². The van der Waals surface area contributed by atoms with Gasteiger partial charge in [0, 0.05) is 29.7 Å². The molecule has 2 heterocycles. The second-order valence-electron chi connectivity index (χ2n) is 5.84. The molecule has 0 bridgehead atoms. The fourth-order valence-electron chi connectivity index (χ4n) is 2.63. The highest BCUT2D eigenvalue weighted by Crippen LogP contribution is 2.18. The second kappa shape index (κ2) is 7.72. The Hall–Kier alpha value is -1.99. The molecule has 8 heteroatoms. The number of rotatable bonds is 6. The summed E-state index contributed by atoms with van der Waals surface area (Å²) in [6, 6.07) is 6.72. The third-order valence-electron chi connectivity index (χ3n) is 4.09. The third kappa shape index (κ3) is 3.91. The van der Waals surface area contributed by atoms with Gasteiger partial charge in [-0.1, -0.05) is 18.5 Å². The Morgan fingerprint density at radius 3 is 2.92 bits per heavy atom. The lowest BCUT2D eigenvalue weighted by atomic mass is 10.1. The highest BCUT2D eigenvalue weighted by Gasteiger charge is 2.23. The molecule has 0 unspecified atom stereocenters. The van der Waals surface area contributed by atoms with Crippen LogP contribution in [-0.4, -0.2) is 45.9 Å². The quantitative estimate of drug-likeness (QED) is 0.863. The number of benzene rings is 1. The number of hydrogen-bond donors (Lipinski definition) is 1. The molecule has 2 aromatic rings. The average molecular weight is 350 g/mol. The average Bonchev–Trinajstić information content (AvgIpc) is 3.26. The van der Waals surface area contributed by atoms with E-state index in [9.17, 15) is 4.79 Å². The molecular formula is C16H20ClN5O2. The van der Waals surface area contributed by atoms with Crippen molar-refractivity contribution >= 4 is 17.5 Å². The lowest BCUT2D eigenvalue weighted by molar-refractivity contribution is -0.125. The fourth-order valence-corrected chi connectivity index (χ4v) is 2.76. The first-order valence-corrected chi connectivity index (χ1v) is 8.46. The molecule has 1 N–H and O–H groups in total. The number of carbonyl (C=O) groups excluding carboxylic acids is 1. The molecule has 0 radical (unpaired) electrons. The van der Waals surface area contributed by atoms with E-state index in [-0.39, 0.29) is 5.91 Å². The zero-order chi connectivity index (χ0) is 16.9. The highest BCUT2D eigenvalue weighted by atomic mass is 35.5. The van der Waals surface area contributed by atoms with Crippen molar-refractivity contribution in [3.8, 4) is 11.4 Å². The number of nitrogens with zero attached hydrogens (tertiary/aromatic N) is 4. The first-order chi connectivity index (χ1) is 11.7.